The summed E-state index contributed by atoms with van der Waals surface area (Å²) >= 11 is 0. The normalized spacial score (nSPS) is 23.8. The molecule has 1 aliphatic heterocycles. The van der Waals surface area contributed by atoms with Crippen LogP contribution in [-0.4, -0.2) is 24.7 Å². The topological polar surface area (TPSA) is 55.7 Å². The highest BCUT2D eigenvalue weighted by molar-refractivity contribution is 7.91. The van der Waals surface area contributed by atoms with Gasteiger partial charge >= 0.3 is 0 Å². The highest BCUT2D eigenvalue weighted by atomic mass is 32.2. The number of hydrogen-bond acceptors (Lipinski definition) is 3. The van der Waals surface area contributed by atoms with Crippen LogP contribution in [0.3, 0.4) is 0 Å². The van der Waals surface area contributed by atoms with Gasteiger partial charge in [0, 0.05) is 6.42 Å². The molecule has 0 unspecified atom stereocenters. The number of hydrogen-bond donors (Lipinski definition) is 0. The van der Waals surface area contributed by atoms with Gasteiger partial charge in [0.25, 0.3) is 10.0 Å². The molecule has 1 atom stereocenters. The SMILES string of the molecule is C[C@H](CC1=NS(=O)(=O)C(C)(C)C(C)(C)O1)c1ccccc1. The minimum Gasteiger partial charge on any atom is -0.472 e. The minimum atomic E-state index is -3.58. The molecule has 1 heterocycles. The molecular formula is C16H23NO3S. The van der Waals surface area contributed by atoms with Gasteiger partial charge in [-0.1, -0.05) is 37.3 Å². The van der Waals surface area contributed by atoms with Crippen molar-refractivity contribution in [2.24, 2.45) is 4.40 Å². The fourth-order valence-electron chi connectivity index (χ4n) is 2.24. The monoisotopic (exact) mass is 309 g/mol. The van der Waals surface area contributed by atoms with Crippen molar-refractivity contribution in [3.05, 3.63) is 35.9 Å². The molecule has 0 aromatic heterocycles. The zero-order valence-electron chi connectivity index (χ0n) is 13.3. The maximum atomic E-state index is 12.4. The fraction of sp³-hybridized carbons (Fsp3) is 0.562. The molecule has 21 heavy (non-hydrogen) atoms. The van der Waals surface area contributed by atoms with Crippen molar-refractivity contribution in [3.8, 4) is 0 Å². The maximum Gasteiger partial charge on any atom is 0.265 e. The molecule has 0 fully saturated rings. The van der Waals surface area contributed by atoms with E-state index in [0.717, 1.165) is 5.56 Å². The van der Waals surface area contributed by atoms with E-state index in [4.69, 9.17) is 4.74 Å². The van der Waals surface area contributed by atoms with Gasteiger partial charge in [-0.3, -0.25) is 0 Å². The lowest BCUT2D eigenvalue weighted by molar-refractivity contribution is 0.0509. The van der Waals surface area contributed by atoms with Gasteiger partial charge in [0.15, 0.2) is 0 Å². The Morgan fingerprint density at radius 1 is 1.14 bits per heavy atom. The summed E-state index contributed by atoms with van der Waals surface area (Å²) in [7, 11) is -3.58. The second kappa shape index (κ2) is 5.13. The highest BCUT2D eigenvalue weighted by Crippen LogP contribution is 2.39. The largest absolute Gasteiger partial charge is 0.472 e. The summed E-state index contributed by atoms with van der Waals surface area (Å²) in [6.07, 6.45) is 0.475. The van der Waals surface area contributed by atoms with Crippen LogP contribution in [0.25, 0.3) is 0 Å². The summed E-state index contributed by atoms with van der Waals surface area (Å²) in [6.45, 7) is 8.95. The number of ether oxygens (including phenoxy) is 1. The Kier molecular flexibility index (Phi) is 3.91. The third-order valence-electron chi connectivity index (χ3n) is 4.54. The first kappa shape index (κ1) is 16.0. The van der Waals surface area contributed by atoms with Gasteiger partial charge < -0.3 is 4.74 Å². The quantitative estimate of drug-likeness (QED) is 0.858. The van der Waals surface area contributed by atoms with Crippen LogP contribution in [0.2, 0.25) is 0 Å². The number of rotatable bonds is 3. The third-order valence-corrected chi connectivity index (χ3v) is 6.76. The van der Waals surface area contributed by atoms with Crippen molar-refractivity contribution < 1.29 is 13.2 Å². The Morgan fingerprint density at radius 2 is 1.71 bits per heavy atom. The molecule has 2 rings (SSSR count). The van der Waals surface area contributed by atoms with Crippen molar-refractivity contribution in [1.82, 2.24) is 0 Å². The molecule has 5 heteroatoms. The zero-order valence-corrected chi connectivity index (χ0v) is 14.1. The second-order valence-electron chi connectivity index (χ2n) is 6.60. The molecule has 0 amide bonds. The van der Waals surface area contributed by atoms with Gasteiger partial charge in [0.1, 0.15) is 10.3 Å². The fourth-order valence-corrected chi connectivity index (χ4v) is 3.51. The maximum absolute atomic E-state index is 12.4. The predicted octanol–water partition coefficient (Wildman–Crippen LogP) is 3.50. The van der Waals surface area contributed by atoms with E-state index in [2.05, 4.69) is 4.40 Å². The molecule has 116 valence electrons. The summed E-state index contributed by atoms with van der Waals surface area (Å²) in [5, 5.41) is 0. The standard InChI is InChI=1S/C16H23NO3S/c1-12(13-9-7-6-8-10-13)11-14-17-21(18,19)16(4,5)15(2,3)20-14/h6-10,12H,11H2,1-5H3/t12-/m1/s1. The lowest BCUT2D eigenvalue weighted by Gasteiger charge is -2.42. The molecule has 0 saturated carbocycles. The van der Waals surface area contributed by atoms with E-state index in [1.807, 2.05) is 37.3 Å². The molecular weight excluding hydrogens is 286 g/mol. The minimum absolute atomic E-state index is 0.150. The predicted molar refractivity (Wildman–Crippen MR) is 85.1 cm³/mol. The Labute approximate surface area is 127 Å². The van der Waals surface area contributed by atoms with Crippen LogP contribution >= 0.6 is 0 Å². The van der Waals surface area contributed by atoms with Gasteiger partial charge in [-0.25, -0.2) is 8.42 Å². The Bertz CT molecular complexity index is 645. The van der Waals surface area contributed by atoms with Crippen molar-refractivity contribution >= 4 is 15.9 Å². The number of benzene rings is 1. The van der Waals surface area contributed by atoms with Crippen molar-refractivity contribution in [1.29, 1.82) is 0 Å². The molecule has 4 nitrogen and oxygen atoms in total. The Hall–Kier alpha value is -1.36. The molecule has 0 saturated heterocycles. The van der Waals surface area contributed by atoms with E-state index in [0.29, 0.717) is 12.3 Å². The molecule has 0 aliphatic carbocycles. The average Bonchev–Trinajstić information content (AvgIpc) is 2.36. The third kappa shape index (κ3) is 2.84. The first-order valence-electron chi connectivity index (χ1n) is 7.14. The lowest BCUT2D eigenvalue weighted by Crippen LogP contribution is -2.56. The number of nitrogens with zero attached hydrogens (tertiary/aromatic N) is 1. The molecule has 1 aromatic rings. The summed E-state index contributed by atoms with van der Waals surface area (Å²) in [4.78, 5) is 0. The smallest absolute Gasteiger partial charge is 0.265 e. The van der Waals surface area contributed by atoms with E-state index in [1.54, 1.807) is 27.7 Å². The van der Waals surface area contributed by atoms with Gasteiger partial charge in [-0.2, -0.15) is 0 Å². The van der Waals surface area contributed by atoms with Crippen LogP contribution in [0.4, 0.5) is 0 Å². The molecule has 0 radical (unpaired) electrons. The molecule has 0 bridgehead atoms. The van der Waals surface area contributed by atoms with Crippen LogP contribution in [0.15, 0.2) is 34.7 Å². The van der Waals surface area contributed by atoms with Crippen molar-refractivity contribution in [3.63, 3.8) is 0 Å². The van der Waals surface area contributed by atoms with E-state index in [-0.39, 0.29) is 5.92 Å². The lowest BCUT2D eigenvalue weighted by atomic mass is 9.92. The summed E-state index contributed by atoms with van der Waals surface area (Å²) < 4.78 is 33.5. The van der Waals surface area contributed by atoms with E-state index in [9.17, 15) is 8.42 Å². The van der Waals surface area contributed by atoms with Gasteiger partial charge in [0.2, 0.25) is 5.90 Å². The van der Waals surface area contributed by atoms with Crippen LogP contribution in [0.5, 0.6) is 0 Å². The van der Waals surface area contributed by atoms with Gasteiger partial charge in [-0.05, 0) is 39.2 Å². The molecule has 0 spiro atoms. The first-order valence-corrected chi connectivity index (χ1v) is 8.58. The van der Waals surface area contributed by atoms with E-state index < -0.39 is 20.4 Å². The van der Waals surface area contributed by atoms with E-state index in [1.165, 1.54) is 0 Å². The Balaban J connectivity index is 2.28. The van der Waals surface area contributed by atoms with Crippen LogP contribution < -0.4 is 0 Å². The molecule has 1 aromatic carbocycles. The van der Waals surface area contributed by atoms with Gasteiger partial charge in [-0.15, -0.1) is 4.40 Å². The molecule has 1 aliphatic rings. The zero-order chi connectivity index (χ0) is 15.9. The number of sulfonamides is 1. The summed E-state index contributed by atoms with van der Waals surface area (Å²) in [6, 6.07) is 9.95. The van der Waals surface area contributed by atoms with Gasteiger partial charge in [0.05, 0.1) is 0 Å². The van der Waals surface area contributed by atoms with Crippen molar-refractivity contribution in [2.45, 2.75) is 57.3 Å². The van der Waals surface area contributed by atoms with Crippen LogP contribution in [0, 0.1) is 0 Å². The summed E-state index contributed by atoms with van der Waals surface area (Å²) in [5.74, 6) is 0.452. The molecule has 0 N–H and O–H groups in total. The second-order valence-corrected chi connectivity index (χ2v) is 8.75. The first-order chi connectivity index (χ1) is 9.57. The average molecular weight is 309 g/mol. The van der Waals surface area contributed by atoms with Crippen molar-refractivity contribution in [2.75, 3.05) is 0 Å². The van der Waals surface area contributed by atoms with Crippen LogP contribution in [0.1, 0.15) is 52.5 Å². The van der Waals surface area contributed by atoms with E-state index >= 15 is 0 Å². The van der Waals surface area contributed by atoms with Crippen LogP contribution in [-0.2, 0) is 14.8 Å². The Morgan fingerprint density at radius 3 is 2.24 bits per heavy atom. The highest BCUT2D eigenvalue weighted by Gasteiger charge is 2.53. The summed E-state index contributed by atoms with van der Waals surface area (Å²) in [5.41, 5.74) is 0.336.